The highest BCUT2D eigenvalue weighted by Crippen LogP contribution is 2.35. The van der Waals surface area contributed by atoms with E-state index in [2.05, 4.69) is 28.3 Å². The zero-order valence-electron chi connectivity index (χ0n) is 12.7. The van der Waals surface area contributed by atoms with Crippen LogP contribution in [0.3, 0.4) is 0 Å². The van der Waals surface area contributed by atoms with E-state index in [9.17, 15) is 4.79 Å². The SMILES string of the molecule is CN1CC[C@@H](CNC(=O)Cc2ccoc2)[C@@H]1c1cccnc1. The van der Waals surface area contributed by atoms with Crippen molar-refractivity contribution in [2.75, 3.05) is 20.1 Å². The Hall–Kier alpha value is -2.14. The van der Waals surface area contributed by atoms with E-state index in [4.69, 9.17) is 4.42 Å². The molecule has 2 aromatic rings. The molecule has 0 aromatic carbocycles. The minimum absolute atomic E-state index is 0.0425. The molecule has 0 radical (unpaired) electrons. The van der Waals surface area contributed by atoms with Crippen LogP contribution >= 0.6 is 0 Å². The quantitative estimate of drug-likeness (QED) is 0.918. The number of hydrogen-bond acceptors (Lipinski definition) is 4. The Morgan fingerprint density at radius 1 is 1.50 bits per heavy atom. The van der Waals surface area contributed by atoms with Crippen LogP contribution in [0.25, 0.3) is 0 Å². The molecule has 1 saturated heterocycles. The fraction of sp³-hybridized carbons (Fsp3) is 0.412. The second-order valence-corrected chi connectivity index (χ2v) is 5.87. The number of hydrogen-bond donors (Lipinski definition) is 1. The van der Waals surface area contributed by atoms with Gasteiger partial charge >= 0.3 is 0 Å². The number of carbonyl (C=O) groups is 1. The first-order valence-electron chi connectivity index (χ1n) is 7.62. The Labute approximate surface area is 130 Å². The van der Waals surface area contributed by atoms with E-state index in [-0.39, 0.29) is 5.91 Å². The lowest BCUT2D eigenvalue weighted by Gasteiger charge is -2.25. The van der Waals surface area contributed by atoms with Gasteiger partial charge in [0, 0.05) is 25.0 Å². The predicted molar refractivity (Wildman–Crippen MR) is 83.1 cm³/mol. The van der Waals surface area contributed by atoms with Crippen molar-refractivity contribution in [3.05, 3.63) is 54.2 Å². The molecular formula is C17H21N3O2. The Morgan fingerprint density at radius 2 is 2.41 bits per heavy atom. The molecule has 0 aliphatic carbocycles. The predicted octanol–water partition coefficient (Wildman–Crippen LogP) is 2.03. The van der Waals surface area contributed by atoms with Crippen molar-refractivity contribution < 1.29 is 9.21 Å². The van der Waals surface area contributed by atoms with Crippen LogP contribution in [0.15, 0.2) is 47.5 Å². The lowest BCUT2D eigenvalue weighted by Crippen LogP contribution is -2.33. The van der Waals surface area contributed by atoms with E-state index >= 15 is 0 Å². The third-order valence-electron chi connectivity index (χ3n) is 4.31. The van der Waals surface area contributed by atoms with Gasteiger partial charge in [-0.25, -0.2) is 0 Å². The van der Waals surface area contributed by atoms with Crippen molar-refractivity contribution in [2.24, 2.45) is 5.92 Å². The highest BCUT2D eigenvalue weighted by Gasteiger charge is 2.33. The minimum atomic E-state index is 0.0425. The fourth-order valence-electron chi connectivity index (χ4n) is 3.20. The molecule has 22 heavy (non-hydrogen) atoms. The Bertz CT molecular complexity index is 598. The smallest absolute Gasteiger partial charge is 0.224 e. The zero-order valence-corrected chi connectivity index (χ0v) is 12.7. The minimum Gasteiger partial charge on any atom is -0.472 e. The van der Waals surface area contributed by atoms with E-state index in [0.717, 1.165) is 18.5 Å². The molecule has 0 bridgehead atoms. The average molecular weight is 299 g/mol. The summed E-state index contributed by atoms with van der Waals surface area (Å²) in [5.74, 6) is 0.461. The number of pyridine rings is 1. The highest BCUT2D eigenvalue weighted by molar-refractivity contribution is 5.78. The van der Waals surface area contributed by atoms with Gasteiger partial charge in [0.1, 0.15) is 0 Å². The van der Waals surface area contributed by atoms with Crippen molar-refractivity contribution in [3.8, 4) is 0 Å². The molecule has 5 nitrogen and oxygen atoms in total. The summed E-state index contributed by atoms with van der Waals surface area (Å²) in [5, 5.41) is 3.06. The first-order valence-corrected chi connectivity index (χ1v) is 7.62. The van der Waals surface area contributed by atoms with E-state index < -0.39 is 0 Å². The fourth-order valence-corrected chi connectivity index (χ4v) is 3.20. The number of nitrogens with one attached hydrogen (secondary N) is 1. The topological polar surface area (TPSA) is 58.4 Å². The molecule has 1 aliphatic heterocycles. The van der Waals surface area contributed by atoms with Crippen LogP contribution in [0.1, 0.15) is 23.6 Å². The van der Waals surface area contributed by atoms with E-state index in [1.807, 2.05) is 18.3 Å². The first kappa shape index (κ1) is 14.8. The van der Waals surface area contributed by atoms with Gasteiger partial charge in [-0.15, -0.1) is 0 Å². The second-order valence-electron chi connectivity index (χ2n) is 5.87. The monoisotopic (exact) mass is 299 g/mol. The molecule has 1 aliphatic rings. The van der Waals surface area contributed by atoms with Crippen molar-refractivity contribution in [1.29, 1.82) is 0 Å². The Morgan fingerprint density at radius 3 is 3.14 bits per heavy atom. The molecule has 0 spiro atoms. The molecule has 0 saturated carbocycles. The lowest BCUT2D eigenvalue weighted by atomic mass is 9.94. The third-order valence-corrected chi connectivity index (χ3v) is 4.31. The third kappa shape index (κ3) is 3.36. The molecule has 2 aromatic heterocycles. The van der Waals surface area contributed by atoms with Crippen molar-refractivity contribution in [1.82, 2.24) is 15.2 Å². The van der Waals surface area contributed by atoms with Gasteiger partial charge in [-0.2, -0.15) is 0 Å². The van der Waals surface area contributed by atoms with Crippen LogP contribution in [-0.2, 0) is 11.2 Å². The molecule has 116 valence electrons. The van der Waals surface area contributed by atoms with Gasteiger partial charge in [0.2, 0.25) is 5.91 Å². The van der Waals surface area contributed by atoms with Crippen LogP contribution in [0.2, 0.25) is 0 Å². The number of likely N-dealkylation sites (tertiary alicyclic amines) is 1. The standard InChI is InChI=1S/C17H21N3O2/c1-20-7-4-15(17(20)14-3-2-6-18-10-14)11-19-16(21)9-13-5-8-22-12-13/h2-3,5-6,8,10,12,15,17H,4,7,9,11H2,1H3,(H,19,21)/t15-,17-/m0/s1. The number of furan rings is 1. The van der Waals surface area contributed by atoms with Gasteiger partial charge < -0.3 is 9.73 Å². The van der Waals surface area contributed by atoms with Gasteiger partial charge in [0.15, 0.2) is 0 Å². The first-order chi connectivity index (χ1) is 10.7. The number of aromatic nitrogens is 1. The van der Waals surface area contributed by atoms with Crippen LogP contribution in [0.4, 0.5) is 0 Å². The average Bonchev–Trinajstić information content (AvgIpc) is 3.16. The van der Waals surface area contributed by atoms with Gasteiger partial charge in [-0.1, -0.05) is 6.07 Å². The summed E-state index contributed by atoms with van der Waals surface area (Å²) in [6.45, 7) is 1.74. The van der Waals surface area contributed by atoms with Gasteiger partial charge in [-0.05, 0) is 49.2 Å². The molecule has 3 heterocycles. The molecule has 1 amide bonds. The van der Waals surface area contributed by atoms with Gasteiger partial charge in [0.25, 0.3) is 0 Å². The normalized spacial score (nSPS) is 21.9. The molecule has 2 atom stereocenters. The number of amides is 1. The second kappa shape index (κ2) is 6.75. The number of nitrogens with zero attached hydrogens (tertiary/aromatic N) is 2. The maximum atomic E-state index is 12.0. The molecule has 5 heteroatoms. The molecule has 1 fully saturated rings. The zero-order chi connectivity index (χ0) is 15.4. The summed E-state index contributed by atoms with van der Waals surface area (Å²) in [6, 6.07) is 6.22. The van der Waals surface area contributed by atoms with E-state index in [1.54, 1.807) is 18.7 Å². The van der Waals surface area contributed by atoms with Crippen LogP contribution < -0.4 is 5.32 Å². The van der Waals surface area contributed by atoms with Crippen molar-refractivity contribution in [3.63, 3.8) is 0 Å². The maximum Gasteiger partial charge on any atom is 0.224 e. The molecule has 1 N–H and O–H groups in total. The number of carbonyl (C=O) groups excluding carboxylic acids is 1. The lowest BCUT2D eigenvalue weighted by molar-refractivity contribution is -0.120. The summed E-state index contributed by atoms with van der Waals surface area (Å²) in [5.41, 5.74) is 2.13. The van der Waals surface area contributed by atoms with Crippen molar-refractivity contribution >= 4 is 5.91 Å². The molecule has 0 unspecified atom stereocenters. The van der Waals surface area contributed by atoms with E-state index in [0.29, 0.717) is 24.9 Å². The highest BCUT2D eigenvalue weighted by atomic mass is 16.3. The summed E-state index contributed by atoms with van der Waals surface area (Å²) >= 11 is 0. The number of rotatable bonds is 5. The van der Waals surface area contributed by atoms with Crippen molar-refractivity contribution in [2.45, 2.75) is 18.9 Å². The van der Waals surface area contributed by atoms with Gasteiger partial charge in [0.05, 0.1) is 18.9 Å². The summed E-state index contributed by atoms with van der Waals surface area (Å²) < 4.78 is 4.99. The molecule has 3 rings (SSSR count). The summed E-state index contributed by atoms with van der Waals surface area (Å²) in [4.78, 5) is 18.6. The van der Waals surface area contributed by atoms with Crippen LogP contribution in [-0.4, -0.2) is 35.9 Å². The van der Waals surface area contributed by atoms with Crippen LogP contribution in [0.5, 0.6) is 0 Å². The van der Waals surface area contributed by atoms with Gasteiger partial charge in [-0.3, -0.25) is 14.7 Å². The molecular weight excluding hydrogens is 278 g/mol. The largest absolute Gasteiger partial charge is 0.472 e. The maximum absolute atomic E-state index is 12.0. The summed E-state index contributed by atoms with van der Waals surface area (Å²) in [6.07, 6.45) is 8.37. The van der Waals surface area contributed by atoms with E-state index in [1.165, 1.54) is 5.56 Å². The Kier molecular flexibility index (Phi) is 4.53. The van der Waals surface area contributed by atoms with Crippen LogP contribution in [0, 0.1) is 5.92 Å². The summed E-state index contributed by atoms with van der Waals surface area (Å²) in [7, 11) is 2.13. The Balaban J connectivity index is 1.58.